The summed E-state index contributed by atoms with van der Waals surface area (Å²) < 4.78 is 14.9. The fraction of sp³-hybridized carbons (Fsp3) is 0.391. The first-order chi connectivity index (χ1) is 15.2. The molecule has 1 fully saturated rings. The summed E-state index contributed by atoms with van der Waals surface area (Å²) in [5.41, 5.74) is 2.81. The summed E-state index contributed by atoms with van der Waals surface area (Å²) in [6.07, 6.45) is 11.2. The lowest BCUT2D eigenvalue weighted by Gasteiger charge is -2.35. The van der Waals surface area contributed by atoms with Gasteiger partial charge in [-0.3, -0.25) is 9.48 Å². The molecule has 7 nitrogen and oxygen atoms in total. The predicted octanol–water partition coefficient (Wildman–Crippen LogP) is 3.35. The quantitative estimate of drug-likeness (QED) is 0.685. The highest BCUT2D eigenvalue weighted by Crippen LogP contribution is 2.33. The average Bonchev–Trinajstić information content (AvgIpc) is 3.06. The predicted molar refractivity (Wildman–Crippen MR) is 115 cm³/mol. The maximum atomic E-state index is 13.1. The Hall–Kier alpha value is -3.29. The van der Waals surface area contributed by atoms with E-state index in [1.165, 1.54) is 12.1 Å². The second-order valence-electron chi connectivity index (χ2n) is 8.24. The van der Waals surface area contributed by atoms with Gasteiger partial charge in [0.1, 0.15) is 23.4 Å². The van der Waals surface area contributed by atoms with Crippen molar-refractivity contribution >= 4 is 17.4 Å². The van der Waals surface area contributed by atoms with Crippen molar-refractivity contribution in [1.82, 2.24) is 19.7 Å². The van der Waals surface area contributed by atoms with Crippen LogP contribution in [-0.4, -0.2) is 38.2 Å². The molecule has 1 aromatic carbocycles. The number of nitrogens with zero attached hydrogens (tertiary/aromatic N) is 5. The molecule has 4 heterocycles. The summed E-state index contributed by atoms with van der Waals surface area (Å²) in [5, 5.41) is 7.39. The third-order valence-corrected chi connectivity index (χ3v) is 5.99. The minimum atomic E-state index is -0.235. The normalized spacial score (nSPS) is 18.2. The highest BCUT2D eigenvalue weighted by atomic mass is 19.1. The molecule has 3 aromatic rings. The molecule has 31 heavy (non-hydrogen) atoms. The zero-order valence-electron chi connectivity index (χ0n) is 17.3. The van der Waals surface area contributed by atoms with E-state index in [0.29, 0.717) is 18.7 Å². The minimum Gasteiger partial charge on any atom is -0.343 e. The van der Waals surface area contributed by atoms with Crippen molar-refractivity contribution in [2.75, 3.05) is 16.8 Å². The van der Waals surface area contributed by atoms with Crippen LogP contribution in [0.25, 0.3) is 0 Å². The lowest BCUT2D eigenvalue weighted by Crippen LogP contribution is -2.48. The number of carbonyl (C=O) groups excluding carboxylic acids is 1. The first-order valence-corrected chi connectivity index (χ1v) is 10.8. The molecule has 1 atom stereocenters. The molecule has 0 spiro atoms. The van der Waals surface area contributed by atoms with Gasteiger partial charge in [0.2, 0.25) is 5.91 Å². The van der Waals surface area contributed by atoms with Crippen LogP contribution in [0.2, 0.25) is 0 Å². The van der Waals surface area contributed by atoms with Gasteiger partial charge in [-0.05, 0) is 42.5 Å². The molecule has 2 aromatic heterocycles. The van der Waals surface area contributed by atoms with E-state index in [0.717, 1.165) is 61.4 Å². The van der Waals surface area contributed by atoms with Gasteiger partial charge in [-0.25, -0.2) is 14.4 Å². The maximum absolute atomic E-state index is 13.1. The van der Waals surface area contributed by atoms with Crippen molar-refractivity contribution in [3.8, 4) is 0 Å². The summed E-state index contributed by atoms with van der Waals surface area (Å²) in [7, 11) is 0. The van der Waals surface area contributed by atoms with Gasteiger partial charge in [0.05, 0.1) is 18.9 Å². The van der Waals surface area contributed by atoms with E-state index in [2.05, 4.69) is 20.3 Å². The number of amides is 1. The van der Waals surface area contributed by atoms with Gasteiger partial charge < -0.3 is 10.2 Å². The Morgan fingerprint density at radius 3 is 2.81 bits per heavy atom. The third-order valence-electron chi connectivity index (χ3n) is 5.99. The molecule has 1 N–H and O–H groups in total. The van der Waals surface area contributed by atoms with Gasteiger partial charge >= 0.3 is 0 Å². The number of carbonyl (C=O) groups is 1. The van der Waals surface area contributed by atoms with Crippen molar-refractivity contribution in [1.29, 1.82) is 0 Å². The van der Waals surface area contributed by atoms with Crippen LogP contribution in [-0.2, 0) is 24.2 Å². The monoisotopic (exact) mass is 420 g/mol. The molecule has 5 rings (SSSR count). The SMILES string of the molecule is O=C1Nc2cnc(CCc3cnn(Cc4ccc(F)cc4)c3)nc2N2CCCCCC12. The molecule has 0 bridgehead atoms. The van der Waals surface area contributed by atoms with Crippen LogP contribution < -0.4 is 10.2 Å². The molecule has 1 saturated heterocycles. The number of halogens is 1. The van der Waals surface area contributed by atoms with Gasteiger partial charge in [0.25, 0.3) is 0 Å². The number of anilines is 2. The van der Waals surface area contributed by atoms with Crippen molar-refractivity contribution in [2.45, 2.75) is 51.1 Å². The van der Waals surface area contributed by atoms with Crippen molar-refractivity contribution in [3.05, 3.63) is 65.6 Å². The van der Waals surface area contributed by atoms with Gasteiger partial charge in [-0.15, -0.1) is 0 Å². The van der Waals surface area contributed by atoms with Crippen molar-refractivity contribution in [3.63, 3.8) is 0 Å². The Balaban J connectivity index is 1.26. The zero-order chi connectivity index (χ0) is 21.2. The Kier molecular flexibility index (Phi) is 5.36. The number of aromatic nitrogens is 4. The van der Waals surface area contributed by atoms with Crippen LogP contribution in [0.5, 0.6) is 0 Å². The number of benzene rings is 1. The number of hydrogen-bond donors (Lipinski definition) is 1. The minimum absolute atomic E-state index is 0.0549. The van der Waals surface area contributed by atoms with Crippen LogP contribution in [0.3, 0.4) is 0 Å². The van der Waals surface area contributed by atoms with E-state index in [-0.39, 0.29) is 17.8 Å². The van der Waals surface area contributed by atoms with Gasteiger partial charge in [-0.2, -0.15) is 5.10 Å². The smallest absolute Gasteiger partial charge is 0.247 e. The van der Waals surface area contributed by atoms with E-state index in [1.54, 1.807) is 18.3 Å². The highest BCUT2D eigenvalue weighted by molar-refractivity contribution is 6.02. The molecule has 0 radical (unpaired) electrons. The lowest BCUT2D eigenvalue weighted by atomic mass is 10.1. The van der Waals surface area contributed by atoms with E-state index < -0.39 is 0 Å². The summed E-state index contributed by atoms with van der Waals surface area (Å²) >= 11 is 0. The van der Waals surface area contributed by atoms with Crippen LogP contribution >= 0.6 is 0 Å². The Morgan fingerprint density at radius 2 is 1.94 bits per heavy atom. The third kappa shape index (κ3) is 4.28. The summed E-state index contributed by atoms with van der Waals surface area (Å²) in [4.78, 5) is 23.9. The standard InChI is InChI=1S/C23H25FN6O/c24-18-8-5-16(6-9-18)14-29-15-17(12-26-29)7-10-21-25-13-19-22(28-21)30-11-3-1-2-4-20(30)23(31)27-19/h5-6,8-9,12-13,15,20H,1-4,7,10-11,14H2,(H,27,31). The molecule has 160 valence electrons. The molecular formula is C23H25FN6O. The summed E-state index contributed by atoms with van der Waals surface area (Å²) in [6.45, 7) is 1.46. The zero-order valence-corrected chi connectivity index (χ0v) is 17.3. The van der Waals surface area contributed by atoms with Gasteiger partial charge in [0, 0.05) is 19.2 Å². The van der Waals surface area contributed by atoms with E-state index in [9.17, 15) is 9.18 Å². The second kappa shape index (κ2) is 8.45. The van der Waals surface area contributed by atoms with Crippen molar-refractivity contribution < 1.29 is 9.18 Å². The molecule has 2 aliphatic heterocycles. The number of hydrogen-bond acceptors (Lipinski definition) is 5. The van der Waals surface area contributed by atoms with Gasteiger partial charge in [0.15, 0.2) is 5.82 Å². The average molecular weight is 420 g/mol. The number of fused-ring (bicyclic) bond motifs is 3. The topological polar surface area (TPSA) is 75.9 Å². The Morgan fingerprint density at radius 1 is 1.06 bits per heavy atom. The molecule has 1 unspecified atom stereocenters. The summed E-state index contributed by atoms with van der Waals surface area (Å²) in [5.74, 6) is 1.44. The van der Waals surface area contributed by atoms with Gasteiger partial charge in [-0.1, -0.05) is 25.0 Å². The van der Waals surface area contributed by atoms with Crippen molar-refractivity contribution in [2.24, 2.45) is 0 Å². The molecule has 0 saturated carbocycles. The van der Waals surface area contributed by atoms with Crippen LogP contribution in [0.15, 0.2) is 42.9 Å². The van der Waals surface area contributed by atoms with Crippen LogP contribution in [0, 0.1) is 5.82 Å². The highest BCUT2D eigenvalue weighted by Gasteiger charge is 2.34. The van der Waals surface area contributed by atoms with E-state index in [4.69, 9.17) is 4.98 Å². The maximum Gasteiger partial charge on any atom is 0.247 e. The number of rotatable bonds is 5. The molecular weight excluding hydrogens is 395 g/mol. The first-order valence-electron chi connectivity index (χ1n) is 10.8. The molecule has 8 heteroatoms. The second-order valence-corrected chi connectivity index (χ2v) is 8.24. The lowest BCUT2D eigenvalue weighted by molar-refractivity contribution is -0.117. The summed E-state index contributed by atoms with van der Waals surface area (Å²) in [6, 6.07) is 6.34. The molecule has 1 amide bonds. The molecule has 2 aliphatic rings. The van der Waals surface area contributed by atoms with E-state index in [1.807, 2.05) is 17.1 Å². The van der Waals surface area contributed by atoms with Crippen LogP contribution in [0.1, 0.15) is 42.6 Å². The van der Waals surface area contributed by atoms with E-state index >= 15 is 0 Å². The Labute approximate surface area is 180 Å². The first kappa shape index (κ1) is 19.7. The number of aryl methyl sites for hydroxylation is 2. The molecule has 0 aliphatic carbocycles. The van der Waals surface area contributed by atoms with Crippen LogP contribution in [0.4, 0.5) is 15.9 Å². The fourth-order valence-corrected chi connectivity index (χ4v) is 4.34. The number of nitrogens with one attached hydrogen (secondary N) is 1. The Bertz CT molecular complexity index is 1080. The fourth-order valence-electron chi connectivity index (χ4n) is 4.34. The largest absolute Gasteiger partial charge is 0.343 e.